The third-order valence-corrected chi connectivity index (χ3v) is 6.54. The van der Waals surface area contributed by atoms with Crippen molar-refractivity contribution >= 4 is 70.0 Å². The highest BCUT2D eigenvalue weighted by molar-refractivity contribution is 6.55. The first-order valence-corrected chi connectivity index (χ1v) is 10.6. The van der Waals surface area contributed by atoms with E-state index in [1.165, 1.54) is 6.92 Å². The summed E-state index contributed by atoms with van der Waals surface area (Å²) in [5.41, 5.74) is 1.07. The molecule has 0 saturated heterocycles. The highest BCUT2D eigenvalue weighted by Crippen LogP contribution is 2.44. The average Bonchev–Trinajstić information content (AvgIpc) is 2.99. The predicted octanol–water partition coefficient (Wildman–Crippen LogP) is 5.41. The lowest BCUT2D eigenvalue weighted by atomic mass is 10.1. The van der Waals surface area contributed by atoms with Crippen LogP contribution in [0.15, 0.2) is 24.3 Å². The van der Waals surface area contributed by atoms with Crippen LogP contribution in [0.4, 0.5) is 0 Å². The maximum Gasteiger partial charge on any atom is 0.308 e. The van der Waals surface area contributed by atoms with Crippen LogP contribution in [0.2, 0.25) is 20.1 Å². The maximum absolute atomic E-state index is 12.7. The van der Waals surface area contributed by atoms with Crippen molar-refractivity contribution in [3.05, 3.63) is 66.6 Å². The summed E-state index contributed by atoms with van der Waals surface area (Å²) in [7, 11) is 0. The molecule has 0 aromatic heterocycles. The van der Waals surface area contributed by atoms with Crippen molar-refractivity contribution in [1.82, 2.24) is 4.90 Å². The van der Waals surface area contributed by atoms with Gasteiger partial charge in [-0.3, -0.25) is 24.1 Å². The predicted molar refractivity (Wildman–Crippen MR) is 118 cm³/mol. The molecule has 1 aliphatic rings. The summed E-state index contributed by atoms with van der Waals surface area (Å²) in [4.78, 5) is 50.7. The fourth-order valence-electron chi connectivity index (χ4n) is 3.06. The molecule has 1 atom stereocenters. The molecule has 3 rings (SSSR count). The van der Waals surface area contributed by atoms with Gasteiger partial charge >= 0.3 is 5.97 Å². The van der Waals surface area contributed by atoms with Crippen molar-refractivity contribution in [3.63, 3.8) is 0 Å². The Labute approximate surface area is 197 Å². The van der Waals surface area contributed by atoms with E-state index >= 15 is 0 Å². The van der Waals surface area contributed by atoms with Gasteiger partial charge in [-0.1, -0.05) is 76.2 Å². The number of Topliss-reactive ketones (excluding diaryl/α,β-unsaturated/α-hetero) is 1. The Hall–Kier alpha value is -2.12. The Morgan fingerprint density at radius 1 is 0.903 bits per heavy atom. The van der Waals surface area contributed by atoms with E-state index in [9.17, 15) is 19.2 Å². The largest absolute Gasteiger partial charge is 0.454 e. The lowest BCUT2D eigenvalue weighted by Gasteiger charge is -2.15. The minimum Gasteiger partial charge on any atom is -0.454 e. The number of hydrogen-bond acceptors (Lipinski definition) is 5. The van der Waals surface area contributed by atoms with Gasteiger partial charge in [0.15, 0.2) is 6.10 Å². The SMILES string of the molecule is Cc1ccc(C(=O)[C@@H](C)OC(=O)CCN2C(=O)c3c(Cl)c(Cl)c(Cl)c(Cl)c3C2=O)cc1. The molecule has 6 nitrogen and oxygen atoms in total. The number of imide groups is 1. The van der Waals surface area contributed by atoms with Crippen molar-refractivity contribution in [2.75, 3.05) is 6.54 Å². The van der Waals surface area contributed by atoms with Crippen LogP contribution in [0.3, 0.4) is 0 Å². The number of nitrogens with zero attached hydrogens (tertiary/aromatic N) is 1. The van der Waals surface area contributed by atoms with Crippen LogP contribution in [0, 0.1) is 6.92 Å². The number of ether oxygens (including phenoxy) is 1. The summed E-state index contributed by atoms with van der Waals surface area (Å²) in [6.07, 6.45) is -1.35. The molecule has 10 heteroatoms. The average molecular weight is 503 g/mol. The fourth-order valence-corrected chi connectivity index (χ4v) is 4.08. The zero-order chi connectivity index (χ0) is 23.0. The molecule has 0 saturated carbocycles. The Morgan fingerprint density at radius 3 is 1.87 bits per heavy atom. The number of esters is 1. The number of carbonyl (C=O) groups excluding carboxylic acids is 4. The smallest absolute Gasteiger partial charge is 0.308 e. The summed E-state index contributed by atoms with van der Waals surface area (Å²) in [5.74, 6) is -2.61. The molecule has 2 aromatic carbocycles. The highest BCUT2D eigenvalue weighted by Gasteiger charge is 2.41. The molecular formula is C21H15Cl4NO5. The van der Waals surface area contributed by atoms with Crippen LogP contribution in [-0.2, 0) is 9.53 Å². The second-order valence-corrected chi connectivity index (χ2v) is 8.39. The van der Waals surface area contributed by atoms with Crippen molar-refractivity contribution in [2.24, 2.45) is 0 Å². The number of benzene rings is 2. The Bertz CT molecular complexity index is 1070. The number of halogens is 4. The second-order valence-electron chi connectivity index (χ2n) is 6.88. The minimum atomic E-state index is -1.03. The molecule has 2 aromatic rings. The van der Waals surface area contributed by atoms with Gasteiger partial charge in [0.2, 0.25) is 5.78 Å². The van der Waals surface area contributed by atoms with E-state index in [1.807, 2.05) is 6.92 Å². The Kier molecular flexibility index (Phi) is 6.96. The Morgan fingerprint density at radius 2 is 1.39 bits per heavy atom. The molecule has 0 unspecified atom stereocenters. The molecule has 0 N–H and O–H groups in total. The van der Waals surface area contributed by atoms with E-state index < -0.39 is 23.9 Å². The first-order valence-electron chi connectivity index (χ1n) is 9.07. The summed E-state index contributed by atoms with van der Waals surface area (Å²) in [5, 5.41) is -0.658. The number of carbonyl (C=O) groups is 4. The van der Waals surface area contributed by atoms with Crippen molar-refractivity contribution in [2.45, 2.75) is 26.4 Å². The van der Waals surface area contributed by atoms with E-state index in [2.05, 4.69) is 0 Å². The van der Waals surface area contributed by atoms with Crippen LogP contribution >= 0.6 is 46.4 Å². The molecule has 2 amide bonds. The van der Waals surface area contributed by atoms with Crippen molar-refractivity contribution in [1.29, 1.82) is 0 Å². The van der Waals surface area contributed by atoms with Gasteiger partial charge in [0.25, 0.3) is 11.8 Å². The van der Waals surface area contributed by atoms with Gasteiger partial charge in [-0.05, 0) is 13.8 Å². The van der Waals surface area contributed by atoms with Crippen LogP contribution in [-0.4, -0.2) is 41.1 Å². The van der Waals surface area contributed by atoms with Gasteiger partial charge < -0.3 is 4.74 Å². The number of aryl methyl sites for hydroxylation is 1. The van der Waals surface area contributed by atoms with E-state index in [4.69, 9.17) is 51.1 Å². The topological polar surface area (TPSA) is 80.8 Å². The standard InChI is InChI=1S/C21H15Cl4NO5/c1-9-3-5-11(6-4-9)19(28)10(2)31-12(27)7-8-26-20(29)13-14(21(26)30)16(23)18(25)17(24)15(13)22/h3-6,10H,7-8H2,1-2H3/t10-/m1/s1. The third kappa shape index (κ3) is 4.44. The molecule has 0 bridgehead atoms. The van der Waals surface area contributed by atoms with Gasteiger partial charge in [0.05, 0.1) is 37.6 Å². The third-order valence-electron chi connectivity index (χ3n) is 4.74. The molecule has 31 heavy (non-hydrogen) atoms. The van der Waals surface area contributed by atoms with E-state index in [0.717, 1.165) is 10.5 Å². The number of ketones is 1. The number of hydrogen-bond donors (Lipinski definition) is 0. The van der Waals surface area contributed by atoms with Crippen LogP contribution in [0.1, 0.15) is 50.0 Å². The van der Waals surface area contributed by atoms with Gasteiger partial charge in [-0.25, -0.2) is 0 Å². The first-order chi connectivity index (χ1) is 14.5. The molecule has 0 aliphatic carbocycles. The maximum atomic E-state index is 12.7. The molecule has 0 fully saturated rings. The molecular weight excluding hydrogens is 488 g/mol. The Balaban J connectivity index is 1.67. The summed E-state index contributed by atoms with van der Waals surface area (Å²) >= 11 is 24.1. The van der Waals surface area contributed by atoms with Crippen LogP contribution in [0.25, 0.3) is 0 Å². The molecule has 1 aliphatic heterocycles. The normalized spacial score (nSPS) is 13.9. The summed E-state index contributed by atoms with van der Waals surface area (Å²) in [6.45, 7) is 3.05. The van der Waals surface area contributed by atoms with Gasteiger partial charge in [-0.2, -0.15) is 0 Å². The van der Waals surface area contributed by atoms with E-state index in [-0.39, 0.29) is 50.0 Å². The fraction of sp³-hybridized carbons (Fsp3) is 0.238. The van der Waals surface area contributed by atoms with Crippen LogP contribution < -0.4 is 0 Å². The van der Waals surface area contributed by atoms with Crippen molar-refractivity contribution in [3.8, 4) is 0 Å². The molecule has 1 heterocycles. The van der Waals surface area contributed by atoms with E-state index in [1.54, 1.807) is 24.3 Å². The van der Waals surface area contributed by atoms with Crippen molar-refractivity contribution < 1.29 is 23.9 Å². The lowest BCUT2D eigenvalue weighted by Crippen LogP contribution is -2.33. The summed E-state index contributed by atoms with van der Waals surface area (Å²) in [6, 6.07) is 6.84. The zero-order valence-corrected chi connectivity index (χ0v) is 19.3. The number of rotatable bonds is 6. The minimum absolute atomic E-state index is 0.141. The van der Waals surface area contributed by atoms with Gasteiger partial charge in [0.1, 0.15) is 0 Å². The highest BCUT2D eigenvalue weighted by atomic mass is 35.5. The lowest BCUT2D eigenvalue weighted by molar-refractivity contribution is -0.146. The first kappa shape index (κ1) is 23.5. The quantitative estimate of drug-likeness (QED) is 0.173. The number of amides is 2. The van der Waals surface area contributed by atoms with Gasteiger partial charge in [-0.15, -0.1) is 0 Å². The van der Waals surface area contributed by atoms with Crippen LogP contribution in [0.5, 0.6) is 0 Å². The number of fused-ring (bicyclic) bond motifs is 1. The summed E-state index contributed by atoms with van der Waals surface area (Å²) < 4.78 is 5.16. The molecule has 0 radical (unpaired) electrons. The molecule has 0 spiro atoms. The van der Waals surface area contributed by atoms with Gasteiger partial charge in [0, 0.05) is 12.1 Å². The monoisotopic (exact) mass is 501 g/mol. The van der Waals surface area contributed by atoms with E-state index in [0.29, 0.717) is 5.56 Å². The zero-order valence-electron chi connectivity index (χ0n) is 16.3. The second kappa shape index (κ2) is 9.17. The molecule has 162 valence electrons.